The molecule has 2 heterocycles. The van der Waals surface area contributed by atoms with Gasteiger partial charge in [-0.15, -0.1) is 0 Å². The summed E-state index contributed by atoms with van der Waals surface area (Å²) in [5.74, 6) is 1.30. The molecule has 0 N–H and O–H groups in total. The van der Waals surface area contributed by atoms with Crippen LogP contribution in [0.2, 0.25) is 5.04 Å². The van der Waals surface area contributed by atoms with Crippen LogP contribution in [-0.2, 0) is 18.6 Å². The van der Waals surface area contributed by atoms with E-state index in [0.717, 1.165) is 50.9 Å². The van der Waals surface area contributed by atoms with Crippen LogP contribution in [0.4, 0.5) is 0 Å². The minimum atomic E-state index is -2.58. The first-order chi connectivity index (χ1) is 18.8. The number of benzene rings is 2. The number of hydrogen-bond donors (Lipinski definition) is 0. The Morgan fingerprint density at radius 2 is 1.59 bits per heavy atom. The Kier molecular flexibility index (Phi) is 9.02. The van der Waals surface area contributed by atoms with E-state index in [0.29, 0.717) is 12.5 Å². The first-order valence-corrected chi connectivity index (χ1v) is 17.1. The van der Waals surface area contributed by atoms with Crippen molar-refractivity contribution in [1.29, 1.82) is 0 Å². The normalized spacial score (nSPS) is 26.6. The van der Waals surface area contributed by atoms with Crippen molar-refractivity contribution in [2.24, 2.45) is 5.92 Å². The second kappa shape index (κ2) is 12.3. The van der Waals surface area contributed by atoms with Crippen molar-refractivity contribution in [3.63, 3.8) is 0 Å². The quantitative estimate of drug-likeness (QED) is 0.329. The molecule has 4 nitrogen and oxygen atoms in total. The van der Waals surface area contributed by atoms with E-state index < -0.39 is 8.32 Å². The molecule has 5 rings (SSSR count). The van der Waals surface area contributed by atoms with Gasteiger partial charge in [0.05, 0.1) is 25.1 Å². The van der Waals surface area contributed by atoms with Crippen molar-refractivity contribution in [3.05, 3.63) is 72.5 Å². The van der Waals surface area contributed by atoms with Crippen molar-refractivity contribution in [2.45, 2.75) is 109 Å². The molecule has 2 aromatic carbocycles. The van der Waals surface area contributed by atoms with Crippen LogP contribution in [0.1, 0.15) is 85.5 Å². The molecular weight excluding hydrogens is 500 g/mol. The van der Waals surface area contributed by atoms with Gasteiger partial charge in [0.25, 0.3) is 8.32 Å². The zero-order chi connectivity index (χ0) is 27.3. The van der Waals surface area contributed by atoms with Crippen LogP contribution in [0, 0.1) is 5.92 Å². The second-order valence-electron chi connectivity index (χ2n) is 12.9. The fourth-order valence-electron chi connectivity index (χ4n) is 6.78. The molecule has 2 aliphatic heterocycles. The van der Waals surface area contributed by atoms with Crippen LogP contribution >= 0.6 is 0 Å². The zero-order valence-corrected chi connectivity index (χ0v) is 25.5. The van der Waals surface area contributed by atoms with E-state index in [1.165, 1.54) is 29.6 Å². The molecule has 0 amide bonds. The van der Waals surface area contributed by atoms with Crippen LogP contribution in [0.25, 0.3) is 0 Å². The third-order valence-corrected chi connectivity index (χ3v) is 14.1. The van der Waals surface area contributed by atoms with Gasteiger partial charge in [0.15, 0.2) is 5.79 Å². The number of hydrogen-bond acceptors (Lipinski definition) is 4. The molecule has 3 aliphatic rings. The molecule has 1 spiro atoms. The Morgan fingerprint density at radius 3 is 2.21 bits per heavy atom. The molecule has 212 valence electrons. The number of rotatable bonds is 8. The molecule has 0 aromatic heterocycles. The molecule has 39 heavy (non-hydrogen) atoms. The summed E-state index contributed by atoms with van der Waals surface area (Å²) in [6.07, 6.45) is 12.5. The van der Waals surface area contributed by atoms with E-state index in [2.05, 4.69) is 94.4 Å². The van der Waals surface area contributed by atoms with Gasteiger partial charge < -0.3 is 18.6 Å². The lowest BCUT2D eigenvalue weighted by molar-refractivity contribution is -0.187. The Bertz CT molecular complexity index is 1030. The number of ether oxygens (including phenoxy) is 3. The molecule has 1 aliphatic carbocycles. The molecule has 1 saturated carbocycles. The molecule has 3 atom stereocenters. The Hall–Kier alpha value is -1.92. The standard InChI is InChI=1S/C34H48O4Si/c1-27-21-22-28(15-14-16-29-25-35-34(38-29)23-12-7-13-24-34)37-32(27)26-36-39(33(2,3)4,30-17-8-5-9-18-30)31-19-10-6-11-20-31/h5-6,8-11,15,17-20,27,29,32H,7,12-14,16,21-26H2,1-4H3/t27-,29-,32+/m0/s1. The van der Waals surface area contributed by atoms with Gasteiger partial charge in [-0.1, -0.05) is 94.8 Å². The maximum atomic E-state index is 7.22. The summed E-state index contributed by atoms with van der Waals surface area (Å²) in [4.78, 5) is 0. The lowest BCUT2D eigenvalue weighted by Gasteiger charge is -2.44. The van der Waals surface area contributed by atoms with Crippen molar-refractivity contribution in [3.8, 4) is 0 Å². The maximum Gasteiger partial charge on any atom is 0.261 e. The Labute approximate surface area is 237 Å². The minimum absolute atomic E-state index is 0.0364. The summed E-state index contributed by atoms with van der Waals surface area (Å²) in [5, 5.41) is 2.60. The molecule has 2 aromatic rings. The van der Waals surface area contributed by atoms with Gasteiger partial charge in [0.2, 0.25) is 0 Å². The van der Waals surface area contributed by atoms with Crippen molar-refractivity contribution >= 4 is 18.7 Å². The molecular formula is C34H48O4Si. The van der Waals surface area contributed by atoms with Crippen molar-refractivity contribution in [1.82, 2.24) is 0 Å². The summed E-state index contributed by atoms with van der Waals surface area (Å²) in [5.41, 5.74) is 0. The van der Waals surface area contributed by atoms with E-state index in [1.807, 2.05) is 0 Å². The molecule has 2 saturated heterocycles. The maximum absolute atomic E-state index is 7.22. The van der Waals surface area contributed by atoms with Gasteiger partial charge in [-0.25, -0.2) is 0 Å². The predicted molar refractivity (Wildman–Crippen MR) is 161 cm³/mol. The monoisotopic (exact) mass is 548 g/mol. The van der Waals surface area contributed by atoms with Crippen molar-refractivity contribution in [2.75, 3.05) is 13.2 Å². The predicted octanol–water partition coefficient (Wildman–Crippen LogP) is 7.12. The first kappa shape index (κ1) is 28.6. The smallest absolute Gasteiger partial charge is 0.261 e. The molecule has 0 bridgehead atoms. The molecule has 3 fully saturated rings. The Balaban J connectivity index is 1.25. The van der Waals surface area contributed by atoms with Crippen molar-refractivity contribution < 1.29 is 18.6 Å². The highest BCUT2D eigenvalue weighted by atomic mass is 28.4. The highest BCUT2D eigenvalue weighted by Crippen LogP contribution is 2.40. The highest BCUT2D eigenvalue weighted by Gasteiger charge is 2.50. The van der Waals surface area contributed by atoms with Crippen LogP contribution in [0.3, 0.4) is 0 Å². The summed E-state index contributed by atoms with van der Waals surface area (Å²) in [6.45, 7) is 10.7. The summed E-state index contributed by atoms with van der Waals surface area (Å²) >= 11 is 0. The average Bonchev–Trinajstić information content (AvgIpc) is 3.33. The van der Waals surface area contributed by atoms with Crippen LogP contribution in [-0.4, -0.2) is 39.5 Å². The minimum Gasteiger partial charge on any atom is -0.492 e. The van der Waals surface area contributed by atoms with Gasteiger partial charge in [-0.3, -0.25) is 0 Å². The summed E-state index contributed by atoms with van der Waals surface area (Å²) in [7, 11) is -2.58. The third kappa shape index (κ3) is 6.37. The van der Waals surface area contributed by atoms with Crippen LogP contribution < -0.4 is 10.4 Å². The second-order valence-corrected chi connectivity index (χ2v) is 17.2. The van der Waals surface area contributed by atoms with Gasteiger partial charge in [-0.05, 0) is 59.5 Å². The molecule has 0 unspecified atom stereocenters. The van der Waals surface area contributed by atoms with Gasteiger partial charge >= 0.3 is 0 Å². The SMILES string of the molecule is C[C@H]1CCC(=CCC[C@H]2COC3(CCCCC3)O2)O[C@@H]1CO[Si](c1ccccc1)(c1ccccc1)C(C)(C)C. The van der Waals surface area contributed by atoms with Crippen LogP contribution in [0.15, 0.2) is 72.5 Å². The zero-order valence-electron chi connectivity index (χ0n) is 24.5. The van der Waals surface area contributed by atoms with E-state index >= 15 is 0 Å². The fourth-order valence-corrected chi connectivity index (χ4v) is 11.4. The Morgan fingerprint density at radius 1 is 0.949 bits per heavy atom. The summed E-state index contributed by atoms with van der Waals surface area (Å²) in [6, 6.07) is 21.8. The molecule has 5 heteroatoms. The van der Waals surface area contributed by atoms with E-state index in [1.54, 1.807) is 0 Å². The fraction of sp³-hybridized carbons (Fsp3) is 0.588. The number of allylic oxidation sites excluding steroid dienone is 2. The van der Waals surface area contributed by atoms with Gasteiger partial charge in [-0.2, -0.15) is 0 Å². The topological polar surface area (TPSA) is 36.9 Å². The van der Waals surface area contributed by atoms with Gasteiger partial charge in [0, 0.05) is 19.3 Å². The lowest BCUT2D eigenvalue weighted by Crippen LogP contribution is -2.67. The first-order valence-electron chi connectivity index (χ1n) is 15.2. The third-order valence-electron chi connectivity index (χ3n) is 9.05. The van der Waals surface area contributed by atoms with Gasteiger partial charge in [0.1, 0.15) is 6.10 Å². The van der Waals surface area contributed by atoms with Crippen LogP contribution in [0.5, 0.6) is 0 Å². The van der Waals surface area contributed by atoms with E-state index in [4.69, 9.17) is 18.6 Å². The van der Waals surface area contributed by atoms with E-state index in [9.17, 15) is 0 Å². The lowest BCUT2D eigenvalue weighted by atomic mass is 9.94. The molecule has 0 radical (unpaired) electrons. The largest absolute Gasteiger partial charge is 0.492 e. The van der Waals surface area contributed by atoms with E-state index in [-0.39, 0.29) is 23.0 Å². The highest BCUT2D eigenvalue weighted by molar-refractivity contribution is 6.99. The average molecular weight is 549 g/mol. The summed E-state index contributed by atoms with van der Waals surface area (Å²) < 4.78 is 26.4.